The Kier molecular flexibility index (Phi) is 3.42. The van der Waals surface area contributed by atoms with Crippen LogP contribution in [0.1, 0.15) is 29.3 Å². The van der Waals surface area contributed by atoms with Gasteiger partial charge in [-0.05, 0) is 25.5 Å². The van der Waals surface area contributed by atoms with E-state index in [1.165, 1.54) is 5.56 Å². The Morgan fingerprint density at radius 2 is 2.26 bits per heavy atom. The highest BCUT2D eigenvalue weighted by molar-refractivity contribution is 5.46. The lowest BCUT2D eigenvalue weighted by atomic mass is 9.96. The highest BCUT2D eigenvalue weighted by atomic mass is 16.5. The normalized spacial score (nSPS) is 15.4. The number of nitrogens with one attached hydrogen (secondary N) is 1. The molecule has 1 N–H and O–H groups in total. The van der Waals surface area contributed by atoms with E-state index < -0.39 is 0 Å². The van der Waals surface area contributed by atoms with Crippen LogP contribution < -0.4 is 10.1 Å². The molecule has 2 heterocycles. The summed E-state index contributed by atoms with van der Waals surface area (Å²) in [6, 6.07) is 6.34. The van der Waals surface area contributed by atoms with Gasteiger partial charge in [0.05, 0.1) is 24.5 Å². The number of para-hydroxylation sites is 1. The van der Waals surface area contributed by atoms with E-state index in [0.29, 0.717) is 0 Å². The standard InChI is InChI=1S/C15H17N3O/c1-16-14(13-10-17-7-8-18-13)12-6-2-4-11-5-3-9-19-15(11)12/h2,4,6-8,10,14,16H,3,5,9H2,1H3. The molecule has 0 spiro atoms. The molecule has 19 heavy (non-hydrogen) atoms. The van der Waals surface area contributed by atoms with E-state index in [-0.39, 0.29) is 6.04 Å². The van der Waals surface area contributed by atoms with Crippen molar-refractivity contribution >= 4 is 0 Å². The zero-order valence-corrected chi connectivity index (χ0v) is 11.0. The van der Waals surface area contributed by atoms with Crippen LogP contribution >= 0.6 is 0 Å². The largest absolute Gasteiger partial charge is 0.493 e. The third-order valence-electron chi connectivity index (χ3n) is 3.44. The molecule has 1 aromatic heterocycles. The van der Waals surface area contributed by atoms with Crippen LogP contribution in [0.2, 0.25) is 0 Å². The molecule has 1 atom stereocenters. The molecular formula is C15H17N3O. The lowest BCUT2D eigenvalue weighted by Gasteiger charge is -2.24. The van der Waals surface area contributed by atoms with Crippen molar-refractivity contribution in [2.75, 3.05) is 13.7 Å². The smallest absolute Gasteiger partial charge is 0.127 e. The Morgan fingerprint density at radius 3 is 3.05 bits per heavy atom. The van der Waals surface area contributed by atoms with Gasteiger partial charge in [0.25, 0.3) is 0 Å². The zero-order valence-electron chi connectivity index (χ0n) is 11.0. The van der Waals surface area contributed by atoms with Crippen LogP contribution in [0.25, 0.3) is 0 Å². The Balaban J connectivity index is 2.05. The summed E-state index contributed by atoms with van der Waals surface area (Å²) >= 11 is 0. The average Bonchev–Trinajstić information content (AvgIpc) is 2.49. The quantitative estimate of drug-likeness (QED) is 0.912. The van der Waals surface area contributed by atoms with Crippen LogP contribution in [-0.2, 0) is 6.42 Å². The summed E-state index contributed by atoms with van der Waals surface area (Å²) in [6.07, 6.45) is 7.37. The lowest BCUT2D eigenvalue weighted by Crippen LogP contribution is -2.21. The van der Waals surface area contributed by atoms with E-state index in [2.05, 4.69) is 33.5 Å². The van der Waals surface area contributed by atoms with E-state index >= 15 is 0 Å². The average molecular weight is 255 g/mol. The van der Waals surface area contributed by atoms with Crippen molar-refractivity contribution in [3.63, 3.8) is 0 Å². The number of rotatable bonds is 3. The van der Waals surface area contributed by atoms with Crippen LogP contribution in [-0.4, -0.2) is 23.6 Å². The summed E-state index contributed by atoms with van der Waals surface area (Å²) in [5.41, 5.74) is 3.33. The molecule has 0 saturated carbocycles. The van der Waals surface area contributed by atoms with Gasteiger partial charge in [-0.3, -0.25) is 9.97 Å². The van der Waals surface area contributed by atoms with E-state index in [4.69, 9.17) is 4.74 Å². The maximum absolute atomic E-state index is 5.87. The monoisotopic (exact) mass is 255 g/mol. The van der Waals surface area contributed by atoms with Crippen LogP contribution in [0.15, 0.2) is 36.8 Å². The van der Waals surface area contributed by atoms with E-state index in [1.807, 2.05) is 7.05 Å². The molecule has 1 aliphatic heterocycles. The van der Waals surface area contributed by atoms with Crippen molar-refractivity contribution in [1.82, 2.24) is 15.3 Å². The van der Waals surface area contributed by atoms with Gasteiger partial charge in [0.15, 0.2) is 0 Å². The highest BCUT2D eigenvalue weighted by Crippen LogP contribution is 2.34. The molecule has 4 heteroatoms. The second-order valence-corrected chi connectivity index (χ2v) is 4.64. The van der Waals surface area contributed by atoms with Gasteiger partial charge in [0.1, 0.15) is 5.75 Å². The summed E-state index contributed by atoms with van der Waals surface area (Å²) < 4.78 is 5.87. The van der Waals surface area contributed by atoms with Gasteiger partial charge in [0, 0.05) is 18.0 Å². The summed E-state index contributed by atoms with van der Waals surface area (Å²) in [5, 5.41) is 3.30. The molecule has 0 amide bonds. The molecule has 3 rings (SSSR count). The summed E-state index contributed by atoms with van der Waals surface area (Å²) in [7, 11) is 1.93. The first-order valence-electron chi connectivity index (χ1n) is 6.58. The van der Waals surface area contributed by atoms with Gasteiger partial charge in [-0.25, -0.2) is 0 Å². The summed E-state index contributed by atoms with van der Waals surface area (Å²) in [6.45, 7) is 0.793. The first-order valence-corrected chi connectivity index (χ1v) is 6.58. The molecule has 4 nitrogen and oxygen atoms in total. The Labute approximate surface area is 112 Å². The molecule has 0 radical (unpaired) electrons. The number of fused-ring (bicyclic) bond motifs is 1. The minimum Gasteiger partial charge on any atom is -0.493 e. The van der Waals surface area contributed by atoms with Crippen molar-refractivity contribution in [1.29, 1.82) is 0 Å². The molecule has 0 saturated heterocycles. The summed E-state index contributed by atoms with van der Waals surface area (Å²) in [4.78, 5) is 8.54. The van der Waals surface area contributed by atoms with Gasteiger partial charge in [-0.2, -0.15) is 0 Å². The highest BCUT2D eigenvalue weighted by Gasteiger charge is 2.22. The fourth-order valence-corrected chi connectivity index (χ4v) is 2.56. The van der Waals surface area contributed by atoms with E-state index in [0.717, 1.165) is 36.5 Å². The van der Waals surface area contributed by atoms with Crippen molar-refractivity contribution in [3.8, 4) is 5.75 Å². The van der Waals surface area contributed by atoms with Gasteiger partial charge in [-0.1, -0.05) is 18.2 Å². The summed E-state index contributed by atoms with van der Waals surface area (Å²) in [5.74, 6) is 1.01. The van der Waals surface area contributed by atoms with Gasteiger partial charge < -0.3 is 10.1 Å². The molecule has 98 valence electrons. The van der Waals surface area contributed by atoms with Crippen LogP contribution in [0.3, 0.4) is 0 Å². The number of nitrogens with zero attached hydrogens (tertiary/aromatic N) is 2. The van der Waals surface area contributed by atoms with Gasteiger partial charge in [-0.15, -0.1) is 0 Å². The van der Waals surface area contributed by atoms with Crippen molar-refractivity contribution in [3.05, 3.63) is 53.6 Å². The topological polar surface area (TPSA) is 47.0 Å². The Morgan fingerprint density at radius 1 is 1.32 bits per heavy atom. The number of ether oxygens (including phenoxy) is 1. The van der Waals surface area contributed by atoms with Gasteiger partial charge in [0.2, 0.25) is 0 Å². The fraction of sp³-hybridized carbons (Fsp3) is 0.333. The molecule has 0 bridgehead atoms. The number of benzene rings is 1. The first kappa shape index (κ1) is 12.1. The van der Waals surface area contributed by atoms with Crippen molar-refractivity contribution in [2.45, 2.75) is 18.9 Å². The molecule has 1 aliphatic rings. The predicted octanol–water partition coefficient (Wildman–Crippen LogP) is 2.11. The lowest BCUT2D eigenvalue weighted by molar-refractivity contribution is 0.283. The number of aryl methyl sites for hydroxylation is 1. The molecule has 0 fully saturated rings. The number of hydrogen-bond donors (Lipinski definition) is 1. The maximum atomic E-state index is 5.87. The van der Waals surface area contributed by atoms with Crippen LogP contribution in [0.4, 0.5) is 0 Å². The minimum absolute atomic E-state index is 0.0155. The van der Waals surface area contributed by atoms with Gasteiger partial charge >= 0.3 is 0 Å². The molecule has 0 aliphatic carbocycles. The zero-order chi connectivity index (χ0) is 13.1. The number of aromatic nitrogens is 2. The first-order chi connectivity index (χ1) is 9.40. The predicted molar refractivity (Wildman–Crippen MR) is 73.2 cm³/mol. The Hall–Kier alpha value is -1.94. The third kappa shape index (κ3) is 2.31. The maximum Gasteiger partial charge on any atom is 0.127 e. The van der Waals surface area contributed by atoms with Crippen molar-refractivity contribution < 1.29 is 4.74 Å². The SMILES string of the molecule is CNC(c1cnccn1)c1cccc2c1OCCC2. The van der Waals surface area contributed by atoms with Crippen LogP contribution in [0.5, 0.6) is 5.75 Å². The van der Waals surface area contributed by atoms with Crippen molar-refractivity contribution in [2.24, 2.45) is 0 Å². The minimum atomic E-state index is 0.0155. The second kappa shape index (κ2) is 5.36. The molecular weight excluding hydrogens is 238 g/mol. The number of hydrogen-bond acceptors (Lipinski definition) is 4. The second-order valence-electron chi connectivity index (χ2n) is 4.64. The molecule has 1 aromatic carbocycles. The molecule has 2 aromatic rings. The fourth-order valence-electron chi connectivity index (χ4n) is 2.56. The van der Waals surface area contributed by atoms with E-state index in [9.17, 15) is 0 Å². The van der Waals surface area contributed by atoms with Crippen LogP contribution in [0, 0.1) is 0 Å². The molecule has 1 unspecified atom stereocenters. The third-order valence-corrected chi connectivity index (χ3v) is 3.44. The Bertz CT molecular complexity index is 557. The van der Waals surface area contributed by atoms with E-state index in [1.54, 1.807) is 18.6 Å².